The van der Waals surface area contributed by atoms with Crippen LogP contribution < -0.4 is 15.8 Å². The minimum absolute atomic E-state index is 0. The molecule has 0 amide bonds. The number of fused-ring (bicyclic) bond motifs is 1. The van der Waals surface area contributed by atoms with Gasteiger partial charge in [-0.1, -0.05) is 30.3 Å². The van der Waals surface area contributed by atoms with Gasteiger partial charge in [0.2, 0.25) is 10.0 Å². The lowest BCUT2D eigenvalue weighted by Gasteiger charge is -2.10. The van der Waals surface area contributed by atoms with Crippen molar-refractivity contribution in [2.24, 2.45) is 10.1 Å². The third kappa shape index (κ3) is 5.94. The van der Waals surface area contributed by atoms with E-state index in [9.17, 15) is 8.42 Å². The second kappa shape index (κ2) is 10.1. The maximum atomic E-state index is 11.3. The molecular weight excluding hydrogens is 503 g/mol. The fourth-order valence-corrected chi connectivity index (χ4v) is 3.37. The molecule has 4 N–H and O–H groups in total. The van der Waals surface area contributed by atoms with Crippen molar-refractivity contribution in [3.63, 3.8) is 0 Å². The molecule has 29 heavy (non-hydrogen) atoms. The largest absolute Gasteiger partial charge is 0.459 e. The Labute approximate surface area is 187 Å². The first-order valence-corrected chi connectivity index (χ1v) is 10.5. The van der Waals surface area contributed by atoms with Gasteiger partial charge in [-0.2, -0.15) is 0 Å². The van der Waals surface area contributed by atoms with E-state index in [1.165, 1.54) is 12.1 Å². The van der Waals surface area contributed by atoms with Crippen LogP contribution in [0.3, 0.4) is 0 Å². The normalized spacial score (nSPS) is 11.9. The number of furan rings is 1. The van der Waals surface area contributed by atoms with Gasteiger partial charge in [-0.3, -0.25) is 0 Å². The highest BCUT2D eigenvalue weighted by Crippen LogP contribution is 2.24. The van der Waals surface area contributed by atoms with Gasteiger partial charge in [-0.05, 0) is 37.6 Å². The second-order valence-corrected chi connectivity index (χ2v) is 7.95. The van der Waals surface area contributed by atoms with E-state index in [-0.39, 0.29) is 28.9 Å². The van der Waals surface area contributed by atoms with Gasteiger partial charge in [-0.25, -0.2) is 18.5 Å². The monoisotopic (exact) mass is 528 g/mol. The van der Waals surface area contributed by atoms with Crippen LogP contribution in [0.2, 0.25) is 0 Å². The van der Waals surface area contributed by atoms with Crippen molar-refractivity contribution >= 4 is 50.9 Å². The van der Waals surface area contributed by atoms with Crippen molar-refractivity contribution in [2.75, 3.05) is 6.54 Å². The van der Waals surface area contributed by atoms with Crippen LogP contribution in [-0.4, -0.2) is 20.9 Å². The summed E-state index contributed by atoms with van der Waals surface area (Å²) < 4.78 is 28.6. The number of benzene rings is 2. The molecule has 1 heterocycles. The molecule has 0 saturated carbocycles. The van der Waals surface area contributed by atoms with Crippen LogP contribution in [0.15, 0.2) is 62.8 Å². The molecule has 0 aliphatic rings. The van der Waals surface area contributed by atoms with E-state index in [1.807, 2.05) is 38.1 Å². The number of primary sulfonamides is 1. The van der Waals surface area contributed by atoms with Gasteiger partial charge in [0.25, 0.3) is 0 Å². The first-order chi connectivity index (χ1) is 13.4. The molecule has 0 unspecified atom stereocenters. The smallest absolute Gasteiger partial charge is 0.238 e. The molecule has 3 aromatic rings. The zero-order valence-corrected chi connectivity index (χ0v) is 19.5. The van der Waals surface area contributed by atoms with Crippen LogP contribution in [0.5, 0.6) is 0 Å². The van der Waals surface area contributed by atoms with E-state index < -0.39 is 10.0 Å². The number of hydrogen-bond donors (Lipinski definition) is 3. The molecule has 9 heteroatoms. The Balaban J connectivity index is 0.00000300. The Hall–Kier alpha value is -2.11. The van der Waals surface area contributed by atoms with Crippen molar-refractivity contribution in [3.05, 3.63) is 65.4 Å². The van der Waals surface area contributed by atoms with Gasteiger partial charge >= 0.3 is 0 Å². The van der Waals surface area contributed by atoms with E-state index in [4.69, 9.17) is 9.56 Å². The van der Waals surface area contributed by atoms with Gasteiger partial charge < -0.3 is 15.1 Å². The summed E-state index contributed by atoms with van der Waals surface area (Å²) >= 11 is 0. The number of aryl methyl sites for hydroxylation is 1. The Morgan fingerprint density at radius 3 is 2.41 bits per heavy atom. The van der Waals surface area contributed by atoms with Gasteiger partial charge in [-0.15, -0.1) is 24.0 Å². The topological polar surface area (TPSA) is 110 Å². The number of guanidine groups is 1. The summed E-state index contributed by atoms with van der Waals surface area (Å²) in [6.07, 6.45) is 0. The molecule has 2 aromatic carbocycles. The van der Waals surface area contributed by atoms with Gasteiger partial charge in [0, 0.05) is 17.5 Å². The van der Waals surface area contributed by atoms with Gasteiger partial charge in [0.1, 0.15) is 11.3 Å². The average molecular weight is 528 g/mol. The number of sulfonamides is 1. The van der Waals surface area contributed by atoms with Gasteiger partial charge in [0.05, 0.1) is 18.0 Å². The van der Waals surface area contributed by atoms with E-state index in [2.05, 4.69) is 15.6 Å². The third-order valence-electron chi connectivity index (χ3n) is 4.37. The molecule has 0 aliphatic carbocycles. The van der Waals surface area contributed by atoms with Crippen molar-refractivity contribution < 1.29 is 12.8 Å². The van der Waals surface area contributed by atoms with Crippen molar-refractivity contribution in [1.29, 1.82) is 0 Å². The summed E-state index contributed by atoms with van der Waals surface area (Å²) in [6, 6.07) is 14.3. The van der Waals surface area contributed by atoms with E-state index in [1.54, 1.807) is 12.1 Å². The predicted molar refractivity (Wildman–Crippen MR) is 126 cm³/mol. The molecule has 0 fully saturated rings. The molecule has 1 aromatic heterocycles. The van der Waals surface area contributed by atoms with Crippen LogP contribution in [0.25, 0.3) is 11.0 Å². The summed E-state index contributed by atoms with van der Waals surface area (Å²) in [5, 5.41) is 12.7. The molecular formula is C20H25IN4O3S. The molecule has 0 spiro atoms. The molecule has 3 rings (SSSR count). The lowest BCUT2D eigenvalue weighted by molar-refractivity contribution is 0.534. The Morgan fingerprint density at radius 2 is 1.79 bits per heavy atom. The molecule has 0 radical (unpaired) electrons. The average Bonchev–Trinajstić information content (AvgIpc) is 3.00. The number of halogens is 1. The molecule has 0 bridgehead atoms. The summed E-state index contributed by atoms with van der Waals surface area (Å²) in [5.41, 5.74) is 2.86. The maximum absolute atomic E-state index is 11.3. The van der Waals surface area contributed by atoms with E-state index >= 15 is 0 Å². The summed E-state index contributed by atoms with van der Waals surface area (Å²) in [4.78, 5) is 4.63. The number of para-hydroxylation sites is 1. The Bertz CT molecular complexity index is 1090. The van der Waals surface area contributed by atoms with Crippen LogP contribution in [0.1, 0.15) is 23.8 Å². The number of hydrogen-bond acceptors (Lipinski definition) is 4. The van der Waals surface area contributed by atoms with Crippen molar-refractivity contribution in [2.45, 2.75) is 31.8 Å². The third-order valence-corrected chi connectivity index (χ3v) is 5.30. The summed E-state index contributed by atoms with van der Waals surface area (Å²) in [5.74, 6) is 1.52. The Kier molecular flexibility index (Phi) is 8.05. The minimum atomic E-state index is -3.68. The minimum Gasteiger partial charge on any atom is -0.459 e. The predicted octanol–water partition coefficient (Wildman–Crippen LogP) is 3.26. The van der Waals surface area contributed by atoms with E-state index in [0.29, 0.717) is 19.0 Å². The quantitative estimate of drug-likeness (QED) is 0.259. The SMILES string of the molecule is CCNC(=NCc1ccc(S(N)(=O)=O)cc1)NCc1oc2ccccc2c1C.I. The first-order valence-electron chi connectivity index (χ1n) is 8.99. The number of nitrogens with zero attached hydrogens (tertiary/aromatic N) is 1. The van der Waals surface area contributed by atoms with Crippen molar-refractivity contribution in [1.82, 2.24) is 10.6 Å². The first kappa shape index (κ1) is 23.2. The molecule has 0 saturated heterocycles. The maximum Gasteiger partial charge on any atom is 0.238 e. The summed E-state index contributed by atoms with van der Waals surface area (Å²) in [6.45, 7) is 5.66. The van der Waals surface area contributed by atoms with Crippen LogP contribution in [0, 0.1) is 6.92 Å². The summed E-state index contributed by atoms with van der Waals surface area (Å²) in [7, 11) is -3.68. The van der Waals surface area contributed by atoms with Crippen LogP contribution >= 0.6 is 24.0 Å². The lowest BCUT2D eigenvalue weighted by Crippen LogP contribution is -2.36. The number of aliphatic imine (C=N–C) groups is 1. The highest BCUT2D eigenvalue weighted by Gasteiger charge is 2.10. The second-order valence-electron chi connectivity index (χ2n) is 6.38. The molecule has 0 atom stereocenters. The lowest BCUT2D eigenvalue weighted by atomic mass is 10.1. The van der Waals surface area contributed by atoms with Crippen LogP contribution in [-0.2, 0) is 23.1 Å². The fraction of sp³-hybridized carbons (Fsp3) is 0.250. The molecule has 7 nitrogen and oxygen atoms in total. The van der Waals surface area contributed by atoms with Crippen molar-refractivity contribution in [3.8, 4) is 0 Å². The Morgan fingerprint density at radius 1 is 1.10 bits per heavy atom. The molecule has 0 aliphatic heterocycles. The zero-order chi connectivity index (χ0) is 20.1. The standard InChI is InChI=1S/C20H24N4O3S.HI/c1-3-22-20(23-12-15-8-10-16(11-9-15)28(21,25)26)24-13-19-14(2)17-6-4-5-7-18(17)27-19;/h4-11H,3,12-13H2,1-2H3,(H2,21,25,26)(H2,22,23,24);1H. The number of rotatable bonds is 6. The van der Waals surface area contributed by atoms with Crippen LogP contribution in [0.4, 0.5) is 0 Å². The van der Waals surface area contributed by atoms with Gasteiger partial charge in [0.15, 0.2) is 5.96 Å². The highest BCUT2D eigenvalue weighted by atomic mass is 127. The highest BCUT2D eigenvalue weighted by molar-refractivity contribution is 14.0. The van der Waals surface area contributed by atoms with E-state index in [0.717, 1.165) is 34.4 Å². The number of nitrogens with two attached hydrogens (primary N) is 1. The molecule has 156 valence electrons. The zero-order valence-electron chi connectivity index (χ0n) is 16.3. The fourth-order valence-electron chi connectivity index (χ4n) is 2.85. The number of nitrogens with one attached hydrogen (secondary N) is 2.